The van der Waals surface area contributed by atoms with Gasteiger partial charge < -0.3 is 5.11 Å². The Hall–Kier alpha value is -1.09. The number of aliphatic carboxylic acids is 1. The van der Waals surface area contributed by atoms with E-state index in [1.54, 1.807) is 0 Å². The van der Waals surface area contributed by atoms with Crippen LogP contribution in [0.2, 0.25) is 13.1 Å². The number of hydrogen-bond donors (Lipinski definition) is 1. The number of hydrogen-bond acceptors (Lipinski definition) is 1. The molecule has 0 saturated heterocycles. The van der Waals surface area contributed by atoms with Gasteiger partial charge in [0.2, 0.25) is 0 Å². The third-order valence-corrected chi connectivity index (χ3v) is 3.33. The van der Waals surface area contributed by atoms with Crippen LogP contribution in [-0.4, -0.2) is 19.9 Å². The van der Waals surface area contributed by atoms with Crippen LogP contribution in [0.5, 0.6) is 0 Å². The largest absolute Gasteiger partial charge is 0.481 e. The molecule has 0 spiro atoms. The topological polar surface area (TPSA) is 37.3 Å². The van der Waals surface area contributed by atoms with Crippen LogP contribution < -0.4 is 5.19 Å². The van der Waals surface area contributed by atoms with Gasteiger partial charge in [0.15, 0.2) is 0 Å². The predicted molar refractivity (Wildman–Crippen MR) is 54.9 cm³/mol. The van der Waals surface area contributed by atoms with E-state index in [-0.39, 0.29) is 6.42 Å². The smallest absolute Gasteiger partial charge is 0.307 e. The summed E-state index contributed by atoms with van der Waals surface area (Å²) < 4.78 is 0. The second-order valence-electron chi connectivity index (χ2n) is 3.27. The normalized spacial score (nSPS) is 10.4. The maximum atomic E-state index is 10.5. The summed E-state index contributed by atoms with van der Waals surface area (Å²) in [4.78, 5) is 10.5. The van der Waals surface area contributed by atoms with Crippen LogP contribution in [0, 0.1) is 0 Å². The maximum Gasteiger partial charge on any atom is 0.307 e. The minimum Gasteiger partial charge on any atom is -0.481 e. The zero-order valence-electron chi connectivity index (χ0n) is 7.87. The summed E-state index contributed by atoms with van der Waals surface area (Å²) in [5.74, 6) is -0.766. The van der Waals surface area contributed by atoms with E-state index in [9.17, 15) is 4.79 Å². The van der Waals surface area contributed by atoms with Crippen LogP contribution in [-0.2, 0) is 11.2 Å². The Morgan fingerprint density at radius 1 is 1.46 bits per heavy atom. The molecule has 0 aromatic heterocycles. The van der Waals surface area contributed by atoms with Crippen LogP contribution in [0.25, 0.3) is 0 Å². The van der Waals surface area contributed by atoms with Crippen LogP contribution in [0.4, 0.5) is 0 Å². The molecule has 2 nitrogen and oxygen atoms in total. The molecule has 1 radical (unpaired) electrons. The molecule has 0 aliphatic carbocycles. The fraction of sp³-hybridized carbons (Fsp3) is 0.300. The molecule has 0 atom stereocenters. The van der Waals surface area contributed by atoms with Crippen LogP contribution in [0.1, 0.15) is 5.56 Å². The highest BCUT2D eigenvalue weighted by molar-refractivity contribution is 6.70. The lowest BCUT2D eigenvalue weighted by atomic mass is 10.2. The van der Waals surface area contributed by atoms with E-state index in [1.165, 1.54) is 5.19 Å². The molecule has 0 heterocycles. The molecule has 3 heteroatoms. The highest BCUT2D eigenvalue weighted by atomic mass is 28.3. The summed E-state index contributed by atoms with van der Waals surface area (Å²) >= 11 is 0. The monoisotopic (exact) mass is 193 g/mol. The van der Waals surface area contributed by atoms with Gasteiger partial charge in [-0.25, -0.2) is 0 Å². The maximum absolute atomic E-state index is 10.5. The lowest BCUT2D eigenvalue weighted by molar-refractivity contribution is -0.136. The van der Waals surface area contributed by atoms with Gasteiger partial charge >= 0.3 is 5.97 Å². The number of carboxylic acids is 1. The van der Waals surface area contributed by atoms with E-state index in [0.29, 0.717) is 0 Å². The molecule has 13 heavy (non-hydrogen) atoms. The Morgan fingerprint density at radius 3 is 2.69 bits per heavy atom. The minimum atomic E-state index is -0.766. The first-order valence-corrected chi connectivity index (χ1v) is 6.71. The van der Waals surface area contributed by atoms with E-state index in [4.69, 9.17) is 5.11 Å². The van der Waals surface area contributed by atoms with Crippen molar-refractivity contribution in [2.45, 2.75) is 19.5 Å². The predicted octanol–water partition coefficient (Wildman–Crippen LogP) is 1.28. The second-order valence-corrected chi connectivity index (χ2v) is 5.85. The first-order valence-electron chi connectivity index (χ1n) is 4.21. The molecule has 0 aliphatic heterocycles. The molecule has 0 amide bonds. The highest BCUT2D eigenvalue weighted by Crippen LogP contribution is 1.99. The third kappa shape index (κ3) is 3.03. The molecule has 0 saturated carbocycles. The first-order chi connectivity index (χ1) is 6.09. The van der Waals surface area contributed by atoms with E-state index in [0.717, 1.165) is 5.56 Å². The molecular formula is C10H13O2Si. The Bertz CT molecular complexity index is 308. The van der Waals surface area contributed by atoms with Crippen molar-refractivity contribution in [3.05, 3.63) is 29.8 Å². The van der Waals surface area contributed by atoms with Gasteiger partial charge in [-0.15, -0.1) is 0 Å². The number of rotatable bonds is 3. The van der Waals surface area contributed by atoms with Crippen molar-refractivity contribution < 1.29 is 9.90 Å². The van der Waals surface area contributed by atoms with E-state index >= 15 is 0 Å². The Labute approximate surface area is 79.8 Å². The Balaban J connectivity index is 2.85. The van der Waals surface area contributed by atoms with E-state index in [2.05, 4.69) is 19.2 Å². The molecular weight excluding hydrogens is 180 g/mol. The SMILES string of the molecule is C[Si](C)c1cccc(CC(=O)O)c1. The third-order valence-electron chi connectivity index (χ3n) is 1.86. The van der Waals surface area contributed by atoms with Gasteiger partial charge in [-0.3, -0.25) is 4.79 Å². The molecule has 0 unspecified atom stereocenters. The van der Waals surface area contributed by atoms with Gasteiger partial charge in [0, 0.05) is 0 Å². The Morgan fingerprint density at radius 2 is 2.15 bits per heavy atom. The minimum absolute atomic E-state index is 0.128. The summed E-state index contributed by atoms with van der Waals surface area (Å²) in [6.45, 7) is 4.40. The summed E-state index contributed by atoms with van der Waals surface area (Å²) in [6.07, 6.45) is 0.128. The molecule has 69 valence electrons. The molecule has 1 aromatic rings. The summed E-state index contributed by atoms with van der Waals surface area (Å²) in [5.41, 5.74) is 0.899. The van der Waals surface area contributed by atoms with Gasteiger partial charge in [-0.05, 0) is 5.56 Å². The number of benzene rings is 1. The number of carboxylic acid groups (broad SMARTS) is 1. The van der Waals surface area contributed by atoms with Crippen molar-refractivity contribution in [3.8, 4) is 0 Å². The molecule has 0 fully saturated rings. The summed E-state index contributed by atoms with van der Waals surface area (Å²) in [6, 6.07) is 7.87. The lowest BCUT2D eigenvalue weighted by Crippen LogP contribution is -2.22. The lowest BCUT2D eigenvalue weighted by Gasteiger charge is -2.04. The first kappa shape index (κ1) is 9.99. The average Bonchev–Trinajstić information content (AvgIpc) is 2.03. The fourth-order valence-electron chi connectivity index (χ4n) is 1.17. The van der Waals surface area contributed by atoms with Gasteiger partial charge in [-0.1, -0.05) is 42.5 Å². The van der Waals surface area contributed by atoms with Gasteiger partial charge in [0.25, 0.3) is 0 Å². The summed E-state index contributed by atoms with van der Waals surface area (Å²) in [5, 5.41) is 9.90. The summed E-state index contributed by atoms with van der Waals surface area (Å²) in [7, 11) is -0.462. The molecule has 1 rings (SSSR count). The van der Waals surface area contributed by atoms with Gasteiger partial charge in [-0.2, -0.15) is 0 Å². The van der Waals surface area contributed by atoms with Crippen molar-refractivity contribution in [1.29, 1.82) is 0 Å². The van der Waals surface area contributed by atoms with Crippen molar-refractivity contribution >= 4 is 20.0 Å². The highest BCUT2D eigenvalue weighted by Gasteiger charge is 2.04. The molecule has 0 bridgehead atoms. The van der Waals surface area contributed by atoms with Crippen molar-refractivity contribution in [3.63, 3.8) is 0 Å². The molecule has 1 N–H and O–H groups in total. The van der Waals surface area contributed by atoms with Crippen LogP contribution in [0.3, 0.4) is 0 Å². The van der Waals surface area contributed by atoms with Gasteiger partial charge in [0.05, 0.1) is 15.2 Å². The van der Waals surface area contributed by atoms with E-state index in [1.807, 2.05) is 18.2 Å². The van der Waals surface area contributed by atoms with Crippen molar-refractivity contribution in [2.75, 3.05) is 0 Å². The van der Waals surface area contributed by atoms with Crippen molar-refractivity contribution in [1.82, 2.24) is 0 Å². The molecule has 1 aromatic carbocycles. The van der Waals surface area contributed by atoms with Crippen LogP contribution >= 0.6 is 0 Å². The Kier molecular flexibility index (Phi) is 3.25. The average molecular weight is 193 g/mol. The quantitative estimate of drug-likeness (QED) is 0.734. The standard InChI is InChI=1S/C10H13O2Si/c1-13(2)9-5-3-4-8(6-9)7-10(11)12/h3-6H,7H2,1-2H3,(H,11,12). The zero-order chi connectivity index (χ0) is 9.84. The number of carbonyl (C=O) groups is 1. The molecule has 0 aliphatic rings. The van der Waals surface area contributed by atoms with E-state index < -0.39 is 14.8 Å². The van der Waals surface area contributed by atoms with Gasteiger partial charge in [0.1, 0.15) is 0 Å². The second kappa shape index (κ2) is 4.23. The van der Waals surface area contributed by atoms with Crippen molar-refractivity contribution in [2.24, 2.45) is 0 Å². The van der Waals surface area contributed by atoms with Crippen LogP contribution in [0.15, 0.2) is 24.3 Å². The fourth-order valence-corrected chi connectivity index (χ4v) is 2.07. The zero-order valence-corrected chi connectivity index (χ0v) is 8.87.